The molecule has 4 nitrogen and oxygen atoms in total. The minimum Gasteiger partial charge on any atom is -0.481 e. The van der Waals surface area contributed by atoms with Gasteiger partial charge >= 0.3 is 11.9 Å². The molecule has 0 saturated carbocycles. The van der Waals surface area contributed by atoms with Crippen molar-refractivity contribution in [3.05, 3.63) is 0 Å². The van der Waals surface area contributed by atoms with Gasteiger partial charge in [0.05, 0.1) is 5.92 Å². The maximum atomic E-state index is 10.3. The third-order valence-corrected chi connectivity index (χ3v) is 1.61. The van der Waals surface area contributed by atoms with E-state index >= 15 is 0 Å². The summed E-state index contributed by atoms with van der Waals surface area (Å²) < 4.78 is 0. The molecule has 0 heterocycles. The lowest BCUT2D eigenvalue weighted by molar-refractivity contribution is -0.142. The normalized spacial score (nSPS) is 12.5. The molecule has 11 heavy (non-hydrogen) atoms. The molecule has 5 heteroatoms. The van der Waals surface area contributed by atoms with E-state index in [9.17, 15) is 9.59 Å². The van der Waals surface area contributed by atoms with Crippen LogP contribution in [0.2, 0.25) is 0 Å². The first-order valence-corrected chi connectivity index (χ1v) is 3.62. The molecular weight excluding hydrogens is 172 g/mol. The van der Waals surface area contributed by atoms with Crippen LogP contribution in [0.5, 0.6) is 0 Å². The van der Waals surface area contributed by atoms with Crippen LogP contribution in [0.25, 0.3) is 0 Å². The predicted molar refractivity (Wildman–Crippen MR) is 38.7 cm³/mol. The summed E-state index contributed by atoms with van der Waals surface area (Å²) in [5, 5.41) is 16.6. The summed E-state index contributed by atoms with van der Waals surface area (Å²) in [4.78, 5) is 20.3. The van der Waals surface area contributed by atoms with Gasteiger partial charge in [0.15, 0.2) is 0 Å². The second-order valence-electron chi connectivity index (χ2n) is 2.12. The maximum Gasteiger partial charge on any atom is 0.307 e. The van der Waals surface area contributed by atoms with Crippen LogP contribution in [0, 0.1) is 5.92 Å². The van der Waals surface area contributed by atoms with Gasteiger partial charge in [0.1, 0.15) is 0 Å². The monoisotopic (exact) mass is 180 g/mol. The largest absolute Gasteiger partial charge is 0.481 e. The van der Waals surface area contributed by atoms with Crippen molar-refractivity contribution in [3.63, 3.8) is 0 Å². The number of hydrogen-bond donors (Lipinski definition) is 2. The fraction of sp³-hybridized carbons (Fsp3) is 0.667. The second kappa shape index (κ2) is 4.96. The Bertz CT molecular complexity index is 157. The van der Waals surface area contributed by atoms with E-state index < -0.39 is 17.9 Å². The van der Waals surface area contributed by atoms with Crippen LogP contribution in [0.3, 0.4) is 0 Å². The van der Waals surface area contributed by atoms with Crippen LogP contribution in [0.4, 0.5) is 0 Å². The van der Waals surface area contributed by atoms with E-state index in [0.717, 1.165) is 0 Å². The van der Waals surface area contributed by atoms with E-state index in [1.165, 1.54) is 0 Å². The highest BCUT2D eigenvalue weighted by molar-refractivity contribution is 6.19. The molecule has 0 aliphatic carbocycles. The summed E-state index contributed by atoms with van der Waals surface area (Å²) in [5.41, 5.74) is 0. The summed E-state index contributed by atoms with van der Waals surface area (Å²) in [7, 11) is 0. The summed E-state index contributed by atoms with van der Waals surface area (Å²) in [6.07, 6.45) is -0.0577. The van der Waals surface area contributed by atoms with Gasteiger partial charge in [-0.1, -0.05) is 0 Å². The van der Waals surface area contributed by atoms with Crippen LogP contribution in [0.15, 0.2) is 0 Å². The van der Waals surface area contributed by atoms with Gasteiger partial charge in [0.2, 0.25) is 0 Å². The summed E-state index contributed by atoms with van der Waals surface area (Å²) in [6, 6.07) is 0. The molecule has 0 aromatic rings. The molecule has 0 aliphatic heterocycles. The second-order valence-corrected chi connectivity index (χ2v) is 2.43. The maximum absolute atomic E-state index is 10.3. The van der Waals surface area contributed by atoms with Crippen molar-refractivity contribution < 1.29 is 19.8 Å². The summed E-state index contributed by atoms with van der Waals surface area (Å²) in [5.74, 6) is -2.82. The third-order valence-electron chi connectivity index (χ3n) is 1.24. The molecule has 1 atom stereocenters. The first-order valence-electron chi connectivity index (χ1n) is 3.08. The molecule has 0 fully saturated rings. The first-order chi connectivity index (χ1) is 5.07. The zero-order valence-corrected chi connectivity index (χ0v) is 6.54. The Morgan fingerprint density at radius 3 is 2.18 bits per heavy atom. The number of alkyl halides is 1. The highest BCUT2D eigenvalue weighted by atomic mass is 35.5. The van der Waals surface area contributed by atoms with Gasteiger partial charge in [0, 0.05) is 12.3 Å². The molecule has 0 bridgehead atoms. The van der Waals surface area contributed by atoms with Crippen LogP contribution in [-0.2, 0) is 9.59 Å². The molecule has 0 aliphatic rings. The zero-order valence-electron chi connectivity index (χ0n) is 5.79. The fourth-order valence-corrected chi connectivity index (χ4v) is 0.851. The van der Waals surface area contributed by atoms with Gasteiger partial charge in [-0.15, -0.1) is 11.6 Å². The Balaban J connectivity index is 3.70. The van der Waals surface area contributed by atoms with Crippen LogP contribution in [-0.4, -0.2) is 28.0 Å². The molecule has 0 spiro atoms. The quantitative estimate of drug-likeness (QED) is 0.614. The molecule has 0 aromatic carbocycles. The molecule has 0 aromatic heterocycles. The summed E-state index contributed by atoms with van der Waals surface area (Å²) in [6.45, 7) is 0. The lowest BCUT2D eigenvalue weighted by Gasteiger charge is -2.04. The standard InChI is InChI=1S/C6H9ClO4/c7-3-4(6(10)11)1-2-5(8)9/h4H,1-3H2,(H,8,9)(H,10,11). The fourth-order valence-electron chi connectivity index (χ4n) is 0.564. The Hall–Kier alpha value is -0.770. The van der Waals surface area contributed by atoms with E-state index in [4.69, 9.17) is 21.8 Å². The van der Waals surface area contributed by atoms with Gasteiger partial charge in [-0.05, 0) is 6.42 Å². The number of halogens is 1. The van der Waals surface area contributed by atoms with Crippen LogP contribution < -0.4 is 0 Å². The van der Waals surface area contributed by atoms with Crippen molar-refractivity contribution in [2.24, 2.45) is 5.92 Å². The minimum absolute atomic E-state index is 0.0391. The van der Waals surface area contributed by atoms with E-state index in [2.05, 4.69) is 0 Å². The molecule has 1 unspecified atom stereocenters. The number of carboxylic acids is 2. The number of carboxylic acid groups (broad SMARTS) is 2. The van der Waals surface area contributed by atoms with Crippen molar-refractivity contribution in [2.75, 3.05) is 5.88 Å². The third kappa shape index (κ3) is 4.61. The lowest BCUT2D eigenvalue weighted by atomic mass is 10.1. The van der Waals surface area contributed by atoms with E-state index in [1.54, 1.807) is 0 Å². The highest BCUT2D eigenvalue weighted by Gasteiger charge is 2.16. The van der Waals surface area contributed by atoms with Gasteiger partial charge < -0.3 is 10.2 Å². The molecule has 0 amide bonds. The highest BCUT2D eigenvalue weighted by Crippen LogP contribution is 2.08. The lowest BCUT2D eigenvalue weighted by Crippen LogP contribution is -2.16. The van der Waals surface area contributed by atoms with Crippen molar-refractivity contribution in [1.82, 2.24) is 0 Å². The average Bonchev–Trinajstić information content (AvgIpc) is 1.87. The first kappa shape index (κ1) is 10.2. The Morgan fingerprint density at radius 1 is 1.36 bits per heavy atom. The van der Waals surface area contributed by atoms with Crippen LogP contribution in [0.1, 0.15) is 12.8 Å². The molecular formula is C6H9ClO4. The van der Waals surface area contributed by atoms with E-state index in [-0.39, 0.29) is 18.7 Å². The van der Waals surface area contributed by atoms with Crippen molar-refractivity contribution in [1.29, 1.82) is 0 Å². The van der Waals surface area contributed by atoms with Gasteiger partial charge in [0.25, 0.3) is 0 Å². The Morgan fingerprint density at radius 2 is 1.91 bits per heavy atom. The smallest absolute Gasteiger partial charge is 0.307 e. The van der Waals surface area contributed by atoms with Crippen molar-refractivity contribution >= 4 is 23.5 Å². The van der Waals surface area contributed by atoms with Crippen molar-refractivity contribution in [2.45, 2.75) is 12.8 Å². The molecule has 0 rings (SSSR count). The minimum atomic E-state index is -1.04. The van der Waals surface area contributed by atoms with Gasteiger partial charge in [-0.3, -0.25) is 9.59 Å². The number of carbonyl (C=O) groups is 2. The topological polar surface area (TPSA) is 74.6 Å². The molecule has 0 saturated heterocycles. The van der Waals surface area contributed by atoms with E-state index in [1.807, 2.05) is 0 Å². The SMILES string of the molecule is O=C(O)CCC(CCl)C(=O)O. The molecule has 2 N–H and O–H groups in total. The number of rotatable bonds is 5. The molecule has 0 radical (unpaired) electrons. The van der Waals surface area contributed by atoms with Crippen LogP contribution >= 0.6 is 11.6 Å². The predicted octanol–water partition coefficient (Wildman–Crippen LogP) is 0.791. The van der Waals surface area contributed by atoms with E-state index in [0.29, 0.717) is 0 Å². The Kier molecular flexibility index (Phi) is 4.61. The number of hydrogen-bond acceptors (Lipinski definition) is 2. The van der Waals surface area contributed by atoms with Crippen molar-refractivity contribution in [3.8, 4) is 0 Å². The summed E-state index contributed by atoms with van der Waals surface area (Å²) >= 11 is 5.27. The Labute approximate surface area is 68.8 Å². The van der Waals surface area contributed by atoms with Gasteiger partial charge in [-0.2, -0.15) is 0 Å². The molecule has 64 valence electrons. The van der Waals surface area contributed by atoms with Gasteiger partial charge in [-0.25, -0.2) is 0 Å². The zero-order chi connectivity index (χ0) is 8.85. The number of aliphatic carboxylic acids is 2. The average molecular weight is 181 g/mol.